The average Bonchev–Trinajstić information content (AvgIpc) is 2.25. The molecule has 0 unspecified atom stereocenters. The summed E-state index contributed by atoms with van der Waals surface area (Å²) in [6, 6.07) is 0. The molecule has 0 bridgehead atoms. The summed E-state index contributed by atoms with van der Waals surface area (Å²) in [6.07, 6.45) is 3.11. The molecule has 0 fully saturated rings. The van der Waals surface area contributed by atoms with Crippen LogP contribution < -0.4 is 0 Å². The lowest BCUT2D eigenvalue weighted by molar-refractivity contribution is -0.0523. The number of aliphatic hydroxyl groups is 1. The Hall–Kier alpha value is -1.18. The standard InChI is InChI=1S/C10H15F3O4S/c1-3-8(14)6-5-7-9(4-2)17-18(15,16)10(11,12)13/h3-4,14H,5-7H2,1-2H3/b8-3+,9-4?. The number of halogens is 3. The van der Waals surface area contributed by atoms with Gasteiger partial charge in [-0.05, 0) is 32.4 Å². The number of alkyl halides is 3. The number of hydrogen-bond acceptors (Lipinski definition) is 4. The highest BCUT2D eigenvalue weighted by molar-refractivity contribution is 7.87. The Bertz CT molecular complexity index is 421. The monoisotopic (exact) mass is 288 g/mol. The largest absolute Gasteiger partial charge is 0.534 e. The van der Waals surface area contributed by atoms with Gasteiger partial charge in [0, 0.05) is 12.8 Å². The molecule has 0 atom stereocenters. The first-order valence-electron chi connectivity index (χ1n) is 5.14. The van der Waals surface area contributed by atoms with Crippen molar-refractivity contribution in [1.82, 2.24) is 0 Å². The summed E-state index contributed by atoms with van der Waals surface area (Å²) >= 11 is 0. The van der Waals surface area contributed by atoms with Crippen molar-refractivity contribution in [3.05, 3.63) is 23.7 Å². The fourth-order valence-corrected chi connectivity index (χ4v) is 1.57. The van der Waals surface area contributed by atoms with Crippen LogP contribution in [-0.4, -0.2) is 19.0 Å². The molecule has 0 saturated carbocycles. The Kier molecular flexibility index (Phi) is 6.23. The summed E-state index contributed by atoms with van der Waals surface area (Å²) in [6.45, 7) is 2.98. The van der Waals surface area contributed by atoms with E-state index in [0.717, 1.165) is 6.08 Å². The molecular formula is C10H15F3O4S. The van der Waals surface area contributed by atoms with E-state index in [1.165, 1.54) is 13.0 Å². The topological polar surface area (TPSA) is 63.6 Å². The molecule has 0 aromatic carbocycles. The molecule has 0 aromatic rings. The van der Waals surface area contributed by atoms with Gasteiger partial charge in [-0.2, -0.15) is 21.6 Å². The van der Waals surface area contributed by atoms with Crippen LogP contribution in [-0.2, 0) is 14.3 Å². The van der Waals surface area contributed by atoms with E-state index >= 15 is 0 Å². The zero-order valence-electron chi connectivity index (χ0n) is 9.99. The fraction of sp³-hybridized carbons (Fsp3) is 0.600. The molecule has 0 amide bonds. The summed E-state index contributed by atoms with van der Waals surface area (Å²) in [5.74, 6) is -0.208. The second kappa shape index (κ2) is 6.67. The number of aliphatic hydroxyl groups excluding tert-OH is 1. The Balaban J connectivity index is 4.49. The fourth-order valence-electron chi connectivity index (χ4n) is 1.01. The normalized spacial score (nSPS) is 14.7. The maximum Gasteiger partial charge on any atom is 0.534 e. The zero-order chi connectivity index (χ0) is 14.4. The van der Waals surface area contributed by atoms with E-state index in [9.17, 15) is 21.6 Å². The Morgan fingerprint density at radius 1 is 1.22 bits per heavy atom. The maximum absolute atomic E-state index is 12.0. The van der Waals surface area contributed by atoms with Gasteiger partial charge < -0.3 is 9.29 Å². The number of allylic oxidation sites excluding steroid dienone is 4. The number of hydrogen-bond donors (Lipinski definition) is 1. The summed E-state index contributed by atoms with van der Waals surface area (Å²) in [5, 5.41) is 9.11. The Labute approximate surface area is 104 Å². The van der Waals surface area contributed by atoms with Gasteiger partial charge in [-0.15, -0.1) is 0 Å². The highest BCUT2D eigenvalue weighted by Crippen LogP contribution is 2.27. The van der Waals surface area contributed by atoms with E-state index in [1.807, 2.05) is 0 Å². The van der Waals surface area contributed by atoms with Crippen LogP contribution in [0.2, 0.25) is 0 Å². The van der Waals surface area contributed by atoms with Gasteiger partial charge >= 0.3 is 15.6 Å². The third kappa shape index (κ3) is 5.44. The molecule has 0 aromatic heterocycles. The van der Waals surface area contributed by atoms with E-state index in [2.05, 4.69) is 4.18 Å². The molecule has 0 rings (SSSR count). The van der Waals surface area contributed by atoms with Gasteiger partial charge in [-0.1, -0.05) is 0 Å². The maximum atomic E-state index is 12.0. The van der Waals surface area contributed by atoms with Crippen molar-refractivity contribution in [3.8, 4) is 0 Å². The van der Waals surface area contributed by atoms with Crippen LogP contribution in [0.3, 0.4) is 0 Å². The molecule has 0 spiro atoms. The molecule has 0 heterocycles. The van der Waals surface area contributed by atoms with Crippen LogP contribution in [0.1, 0.15) is 33.1 Å². The van der Waals surface area contributed by atoms with Crippen LogP contribution in [0, 0.1) is 0 Å². The van der Waals surface area contributed by atoms with Crippen molar-refractivity contribution in [3.63, 3.8) is 0 Å². The molecule has 0 aliphatic rings. The molecule has 0 saturated heterocycles. The highest BCUT2D eigenvalue weighted by Gasteiger charge is 2.48. The summed E-state index contributed by atoms with van der Waals surface area (Å²) in [4.78, 5) is 0. The summed E-state index contributed by atoms with van der Waals surface area (Å²) < 4.78 is 61.6. The van der Waals surface area contributed by atoms with Gasteiger partial charge in [0.1, 0.15) is 5.76 Å². The first-order valence-corrected chi connectivity index (χ1v) is 6.55. The van der Waals surface area contributed by atoms with Gasteiger partial charge in [0.2, 0.25) is 0 Å². The lowest BCUT2D eigenvalue weighted by Gasteiger charge is -2.12. The SMILES string of the molecule is CC=C(CCC/C(O)=C\C)OS(=O)(=O)C(F)(F)F. The Morgan fingerprint density at radius 2 is 1.78 bits per heavy atom. The molecule has 18 heavy (non-hydrogen) atoms. The summed E-state index contributed by atoms with van der Waals surface area (Å²) in [7, 11) is -5.61. The third-order valence-corrected chi connectivity index (χ3v) is 3.01. The Morgan fingerprint density at radius 3 is 2.17 bits per heavy atom. The van der Waals surface area contributed by atoms with Crippen molar-refractivity contribution in [2.45, 2.75) is 38.6 Å². The molecule has 0 aliphatic heterocycles. The molecule has 0 aliphatic carbocycles. The quantitative estimate of drug-likeness (QED) is 0.462. The minimum absolute atomic E-state index is 0.0102. The van der Waals surface area contributed by atoms with Gasteiger partial charge in [-0.25, -0.2) is 0 Å². The van der Waals surface area contributed by atoms with Crippen molar-refractivity contribution in [2.24, 2.45) is 0 Å². The average molecular weight is 288 g/mol. The number of rotatable bonds is 6. The van der Waals surface area contributed by atoms with Crippen molar-refractivity contribution in [2.75, 3.05) is 0 Å². The van der Waals surface area contributed by atoms with Gasteiger partial charge in [0.15, 0.2) is 0 Å². The van der Waals surface area contributed by atoms with E-state index in [-0.39, 0.29) is 30.8 Å². The van der Waals surface area contributed by atoms with Crippen molar-refractivity contribution < 1.29 is 30.9 Å². The predicted octanol–water partition coefficient (Wildman–Crippen LogP) is 3.39. The summed E-state index contributed by atoms with van der Waals surface area (Å²) in [5.41, 5.74) is -5.44. The molecule has 8 heteroatoms. The van der Waals surface area contributed by atoms with E-state index in [0.29, 0.717) is 0 Å². The van der Waals surface area contributed by atoms with Crippen LogP contribution >= 0.6 is 0 Å². The van der Waals surface area contributed by atoms with Gasteiger partial charge in [-0.3, -0.25) is 0 Å². The second-order valence-electron chi connectivity index (χ2n) is 3.37. The van der Waals surface area contributed by atoms with E-state index in [1.54, 1.807) is 6.92 Å². The van der Waals surface area contributed by atoms with Gasteiger partial charge in [0.05, 0.1) is 5.76 Å². The lowest BCUT2D eigenvalue weighted by atomic mass is 10.2. The molecule has 106 valence electrons. The van der Waals surface area contributed by atoms with Crippen LogP contribution in [0.5, 0.6) is 0 Å². The van der Waals surface area contributed by atoms with E-state index < -0.39 is 15.6 Å². The van der Waals surface area contributed by atoms with Crippen LogP contribution in [0.4, 0.5) is 13.2 Å². The third-order valence-electron chi connectivity index (χ3n) is 2.01. The van der Waals surface area contributed by atoms with Crippen LogP contribution in [0.15, 0.2) is 23.7 Å². The molecular weight excluding hydrogens is 273 g/mol. The zero-order valence-corrected chi connectivity index (χ0v) is 10.8. The molecule has 0 radical (unpaired) electrons. The molecule has 4 nitrogen and oxygen atoms in total. The van der Waals surface area contributed by atoms with Crippen molar-refractivity contribution >= 4 is 10.1 Å². The lowest BCUT2D eigenvalue weighted by Crippen LogP contribution is -2.25. The predicted molar refractivity (Wildman–Crippen MR) is 60.1 cm³/mol. The minimum atomic E-state index is -5.61. The van der Waals surface area contributed by atoms with Crippen LogP contribution in [0.25, 0.3) is 0 Å². The van der Waals surface area contributed by atoms with Gasteiger partial charge in [0.25, 0.3) is 0 Å². The smallest absolute Gasteiger partial charge is 0.513 e. The second-order valence-corrected chi connectivity index (χ2v) is 4.91. The first kappa shape index (κ1) is 16.8. The molecule has 1 N–H and O–H groups in total. The van der Waals surface area contributed by atoms with E-state index in [4.69, 9.17) is 5.11 Å². The van der Waals surface area contributed by atoms with Crippen molar-refractivity contribution in [1.29, 1.82) is 0 Å². The minimum Gasteiger partial charge on any atom is -0.513 e. The highest BCUT2D eigenvalue weighted by atomic mass is 32.2. The first-order chi connectivity index (χ1) is 8.14.